The van der Waals surface area contributed by atoms with Gasteiger partial charge in [0.2, 0.25) is 5.91 Å². The van der Waals surface area contributed by atoms with Gasteiger partial charge in [-0.25, -0.2) is 9.78 Å². The van der Waals surface area contributed by atoms with Gasteiger partial charge in [-0.05, 0) is 43.5 Å². The molecule has 144 valence electrons. The standard InChI is InChI=1S/C19H23BrN4O2S/c20-13-6-8-15(9-7-13)21-17(25)11-10-16-12-27-19(23-16)24-18(26)22-14-4-2-1-3-5-14/h6-9,12,14H,1-5,10-11H2,(H,21,25)(H2,22,23,24,26). The molecule has 1 fully saturated rings. The number of aryl methyl sites for hydroxylation is 1. The summed E-state index contributed by atoms with van der Waals surface area (Å²) in [4.78, 5) is 28.5. The molecule has 1 aliphatic rings. The molecule has 8 heteroatoms. The van der Waals surface area contributed by atoms with Crippen LogP contribution in [0.3, 0.4) is 0 Å². The van der Waals surface area contributed by atoms with Crippen LogP contribution >= 0.6 is 27.3 Å². The summed E-state index contributed by atoms with van der Waals surface area (Å²) in [6.07, 6.45) is 6.57. The van der Waals surface area contributed by atoms with E-state index in [0.717, 1.165) is 28.7 Å². The summed E-state index contributed by atoms with van der Waals surface area (Å²) in [6, 6.07) is 7.52. The lowest BCUT2D eigenvalue weighted by molar-refractivity contribution is -0.116. The second-order valence-corrected chi connectivity index (χ2v) is 8.41. The lowest BCUT2D eigenvalue weighted by Crippen LogP contribution is -2.38. The van der Waals surface area contributed by atoms with E-state index in [0.29, 0.717) is 18.0 Å². The van der Waals surface area contributed by atoms with Gasteiger partial charge in [0.1, 0.15) is 0 Å². The van der Waals surface area contributed by atoms with Crippen LogP contribution in [0.1, 0.15) is 44.2 Å². The number of urea groups is 1. The van der Waals surface area contributed by atoms with E-state index in [1.165, 1.54) is 30.6 Å². The first-order valence-electron chi connectivity index (χ1n) is 9.16. The van der Waals surface area contributed by atoms with Crippen LogP contribution < -0.4 is 16.0 Å². The Morgan fingerprint density at radius 1 is 1.11 bits per heavy atom. The monoisotopic (exact) mass is 450 g/mol. The highest BCUT2D eigenvalue weighted by molar-refractivity contribution is 9.10. The van der Waals surface area contributed by atoms with Crippen molar-refractivity contribution in [3.8, 4) is 0 Å². The van der Waals surface area contributed by atoms with Crippen molar-refractivity contribution in [2.45, 2.75) is 51.0 Å². The molecule has 1 aromatic heterocycles. The average molecular weight is 451 g/mol. The van der Waals surface area contributed by atoms with Crippen LogP contribution in [0.25, 0.3) is 0 Å². The molecule has 0 aliphatic heterocycles. The maximum Gasteiger partial charge on any atom is 0.321 e. The van der Waals surface area contributed by atoms with E-state index >= 15 is 0 Å². The lowest BCUT2D eigenvalue weighted by atomic mass is 9.96. The Labute approximate surface area is 171 Å². The molecule has 1 aliphatic carbocycles. The molecular formula is C19H23BrN4O2S. The van der Waals surface area contributed by atoms with Crippen molar-refractivity contribution in [2.24, 2.45) is 0 Å². The summed E-state index contributed by atoms with van der Waals surface area (Å²) in [5, 5.41) is 11.1. The molecule has 3 rings (SSSR count). The number of rotatable bonds is 6. The minimum Gasteiger partial charge on any atom is -0.335 e. The molecule has 0 atom stereocenters. The van der Waals surface area contributed by atoms with E-state index in [-0.39, 0.29) is 18.0 Å². The fraction of sp³-hybridized carbons (Fsp3) is 0.421. The fourth-order valence-corrected chi connectivity index (χ4v) is 4.05. The third-order valence-electron chi connectivity index (χ3n) is 4.45. The zero-order valence-corrected chi connectivity index (χ0v) is 17.4. The van der Waals surface area contributed by atoms with Crippen molar-refractivity contribution in [1.82, 2.24) is 10.3 Å². The zero-order valence-electron chi connectivity index (χ0n) is 15.0. The largest absolute Gasteiger partial charge is 0.335 e. The molecule has 0 spiro atoms. The van der Waals surface area contributed by atoms with E-state index in [1.54, 1.807) is 0 Å². The second kappa shape index (κ2) is 9.85. The highest BCUT2D eigenvalue weighted by Gasteiger charge is 2.16. The predicted molar refractivity (Wildman–Crippen MR) is 112 cm³/mol. The maximum absolute atomic E-state index is 12.1. The van der Waals surface area contributed by atoms with Crippen LogP contribution in [0, 0.1) is 0 Å². The first kappa shape index (κ1) is 19.8. The Kier molecular flexibility index (Phi) is 7.23. The Morgan fingerprint density at radius 3 is 2.59 bits per heavy atom. The summed E-state index contributed by atoms with van der Waals surface area (Å²) in [7, 11) is 0. The van der Waals surface area contributed by atoms with Gasteiger partial charge in [0.05, 0.1) is 5.69 Å². The molecule has 0 bridgehead atoms. The first-order valence-corrected chi connectivity index (χ1v) is 10.8. The van der Waals surface area contributed by atoms with Crippen LogP contribution in [0.15, 0.2) is 34.1 Å². The summed E-state index contributed by atoms with van der Waals surface area (Å²) in [5.74, 6) is -0.0603. The lowest BCUT2D eigenvalue weighted by Gasteiger charge is -2.22. The number of nitrogens with one attached hydrogen (secondary N) is 3. The normalized spacial score (nSPS) is 14.6. The van der Waals surface area contributed by atoms with Crippen molar-refractivity contribution in [3.05, 3.63) is 39.8 Å². The summed E-state index contributed by atoms with van der Waals surface area (Å²) < 4.78 is 0.968. The van der Waals surface area contributed by atoms with Crippen molar-refractivity contribution >= 4 is 50.0 Å². The van der Waals surface area contributed by atoms with Gasteiger partial charge in [-0.2, -0.15) is 0 Å². The van der Waals surface area contributed by atoms with Gasteiger partial charge in [0.15, 0.2) is 5.13 Å². The Balaban J connectivity index is 1.41. The fourth-order valence-electron chi connectivity index (χ4n) is 3.04. The molecule has 0 radical (unpaired) electrons. The van der Waals surface area contributed by atoms with Crippen LogP contribution in [0.5, 0.6) is 0 Å². The molecule has 1 aromatic carbocycles. The summed E-state index contributed by atoms with van der Waals surface area (Å²) >= 11 is 4.74. The predicted octanol–water partition coefficient (Wildman–Crippen LogP) is 4.93. The maximum atomic E-state index is 12.1. The number of carbonyl (C=O) groups is 2. The Hall–Kier alpha value is -1.93. The van der Waals surface area contributed by atoms with Crippen LogP contribution in [0.2, 0.25) is 0 Å². The van der Waals surface area contributed by atoms with Gasteiger partial charge in [-0.1, -0.05) is 35.2 Å². The molecule has 27 heavy (non-hydrogen) atoms. The van der Waals surface area contributed by atoms with Gasteiger partial charge in [0, 0.05) is 28.0 Å². The van der Waals surface area contributed by atoms with Crippen molar-refractivity contribution in [2.75, 3.05) is 10.6 Å². The number of amides is 3. The van der Waals surface area contributed by atoms with Crippen LogP contribution in [0.4, 0.5) is 15.6 Å². The molecule has 2 aromatic rings. The molecule has 0 saturated heterocycles. The zero-order chi connectivity index (χ0) is 19.1. The quantitative estimate of drug-likeness (QED) is 0.582. The molecule has 3 N–H and O–H groups in total. The van der Waals surface area contributed by atoms with E-state index in [1.807, 2.05) is 29.6 Å². The number of aromatic nitrogens is 1. The highest BCUT2D eigenvalue weighted by atomic mass is 79.9. The number of anilines is 2. The number of halogens is 1. The van der Waals surface area contributed by atoms with Crippen molar-refractivity contribution in [3.63, 3.8) is 0 Å². The second-order valence-electron chi connectivity index (χ2n) is 6.63. The smallest absolute Gasteiger partial charge is 0.321 e. The minimum atomic E-state index is -0.198. The van der Waals surface area contributed by atoms with Gasteiger partial charge < -0.3 is 10.6 Å². The Morgan fingerprint density at radius 2 is 1.85 bits per heavy atom. The number of carbonyl (C=O) groups excluding carboxylic acids is 2. The molecular weight excluding hydrogens is 428 g/mol. The third kappa shape index (κ3) is 6.62. The molecule has 3 amide bonds. The number of nitrogens with zero attached hydrogens (tertiary/aromatic N) is 1. The van der Waals surface area contributed by atoms with Crippen LogP contribution in [-0.4, -0.2) is 23.0 Å². The third-order valence-corrected chi connectivity index (χ3v) is 5.78. The SMILES string of the molecule is O=C(CCc1csc(NC(=O)NC2CCCCC2)n1)Nc1ccc(Br)cc1. The van der Waals surface area contributed by atoms with Gasteiger partial charge in [0.25, 0.3) is 0 Å². The number of thiazole rings is 1. The molecule has 6 nitrogen and oxygen atoms in total. The van der Waals surface area contributed by atoms with Crippen molar-refractivity contribution < 1.29 is 9.59 Å². The summed E-state index contributed by atoms with van der Waals surface area (Å²) in [6.45, 7) is 0. The van der Waals surface area contributed by atoms with Crippen molar-refractivity contribution in [1.29, 1.82) is 0 Å². The van der Waals surface area contributed by atoms with E-state index < -0.39 is 0 Å². The topological polar surface area (TPSA) is 83.1 Å². The number of hydrogen-bond donors (Lipinski definition) is 3. The minimum absolute atomic E-state index is 0.0603. The molecule has 1 heterocycles. The van der Waals surface area contributed by atoms with Gasteiger partial charge in [-0.15, -0.1) is 11.3 Å². The van der Waals surface area contributed by atoms with Crippen LogP contribution in [-0.2, 0) is 11.2 Å². The van der Waals surface area contributed by atoms with E-state index in [9.17, 15) is 9.59 Å². The summed E-state index contributed by atoms with van der Waals surface area (Å²) in [5.41, 5.74) is 1.57. The average Bonchev–Trinajstić information content (AvgIpc) is 3.10. The Bertz CT molecular complexity index is 772. The van der Waals surface area contributed by atoms with E-state index in [4.69, 9.17) is 0 Å². The molecule has 1 saturated carbocycles. The first-order chi connectivity index (χ1) is 13.1. The highest BCUT2D eigenvalue weighted by Crippen LogP contribution is 2.19. The van der Waals surface area contributed by atoms with E-state index in [2.05, 4.69) is 36.9 Å². The van der Waals surface area contributed by atoms with Gasteiger partial charge >= 0.3 is 6.03 Å². The molecule has 0 unspecified atom stereocenters. The van der Waals surface area contributed by atoms with Gasteiger partial charge in [-0.3, -0.25) is 10.1 Å². The number of benzene rings is 1. The number of hydrogen-bond acceptors (Lipinski definition) is 4.